The molecule has 0 aliphatic heterocycles. The Kier molecular flexibility index (Phi) is 11.4. The van der Waals surface area contributed by atoms with Crippen LogP contribution in [-0.2, 0) is 18.0 Å². The van der Waals surface area contributed by atoms with E-state index in [4.69, 9.17) is 18.0 Å². The van der Waals surface area contributed by atoms with Crippen LogP contribution in [0.25, 0.3) is 0 Å². The second kappa shape index (κ2) is 11.8. The van der Waals surface area contributed by atoms with Crippen LogP contribution in [0, 0.1) is 0 Å². The fourth-order valence-electron chi connectivity index (χ4n) is 2.09. The Morgan fingerprint density at radius 1 is 1.04 bits per heavy atom. The zero-order valence-electron chi connectivity index (χ0n) is 15.5. The Morgan fingerprint density at radius 2 is 1.57 bits per heavy atom. The minimum atomic E-state index is -2.53. The first kappa shape index (κ1) is 22.3. The highest BCUT2D eigenvalue weighted by Gasteiger charge is 2.36. The molecule has 0 rings (SSSR count). The highest BCUT2D eigenvalue weighted by atomic mass is 28.4. The predicted molar refractivity (Wildman–Crippen MR) is 92.7 cm³/mol. The second-order valence-electron chi connectivity index (χ2n) is 5.56. The van der Waals surface area contributed by atoms with Crippen molar-refractivity contribution in [3.63, 3.8) is 0 Å². The first-order chi connectivity index (χ1) is 10.8. The van der Waals surface area contributed by atoms with Gasteiger partial charge in [-0.3, -0.25) is 4.99 Å². The van der Waals surface area contributed by atoms with Gasteiger partial charge in [-0.15, -0.1) is 0 Å². The van der Waals surface area contributed by atoms with E-state index in [-0.39, 0.29) is 6.61 Å². The molecule has 0 spiro atoms. The molecule has 1 atom stereocenters. The average molecular weight is 352 g/mol. The number of hydrogen-bond acceptors (Lipinski definition) is 6. The summed E-state index contributed by atoms with van der Waals surface area (Å²) in [6, 6.07) is 0.677. The molecule has 0 heterocycles. The van der Waals surface area contributed by atoms with Gasteiger partial charge in [0.05, 0.1) is 19.3 Å². The van der Waals surface area contributed by atoms with E-state index >= 15 is 0 Å². The Hall–Kier alpha value is -0.713. The van der Waals surface area contributed by atoms with Crippen molar-refractivity contribution in [2.24, 2.45) is 4.99 Å². The van der Waals surface area contributed by atoms with Crippen molar-refractivity contribution in [1.82, 2.24) is 9.80 Å². The third-order valence-electron chi connectivity index (χ3n) is 3.26. The third-order valence-corrected chi connectivity index (χ3v) is 6.09. The summed E-state index contributed by atoms with van der Waals surface area (Å²) in [4.78, 5) is 8.19. The van der Waals surface area contributed by atoms with E-state index in [2.05, 4.69) is 4.99 Å². The SMILES string of the molecule is CO[Si](CCCOCC(O)CN=C(N(C)C)N(C)C)(OC)OC. The summed E-state index contributed by atoms with van der Waals surface area (Å²) < 4.78 is 21.5. The summed E-state index contributed by atoms with van der Waals surface area (Å²) in [5.74, 6) is 0.806. The molecule has 23 heavy (non-hydrogen) atoms. The van der Waals surface area contributed by atoms with E-state index < -0.39 is 14.9 Å². The number of hydrogen-bond donors (Lipinski definition) is 1. The van der Waals surface area contributed by atoms with E-state index in [0.717, 1.165) is 12.4 Å². The van der Waals surface area contributed by atoms with Gasteiger partial charge in [-0.1, -0.05) is 0 Å². The summed E-state index contributed by atoms with van der Waals surface area (Å²) >= 11 is 0. The fraction of sp³-hybridized carbons (Fsp3) is 0.929. The molecule has 9 heteroatoms. The summed E-state index contributed by atoms with van der Waals surface area (Å²) in [6.45, 7) is 1.07. The van der Waals surface area contributed by atoms with Gasteiger partial charge in [-0.25, -0.2) is 0 Å². The van der Waals surface area contributed by atoms with Crippen molar-refractivity contribution < 1.29 is 23.1 Å². The molecule has 1 N–H and O–H groups in total. The molecular weight excluding hydrogens is 318 g/mol. The van der Waals surface area contributed by atoms with Crippen molar-refractivity contribution >= 4 is 14.8 Å². The van der Waals surface area contributed by atoms with Gasteiger partial charge in [0.25, 0.3) is 0 Å². The van der Waals surface area contributed by atoms with Gasteiger partial charge in [-0.2, -0.15) is 0 Å². The minimum Gasteiger partial charge on any atom is -0.389 e. The molecule has 1 unspecified atom stereocenters. The van der Waals surface area contributed by atoms with E-state index in [9.17, 15) is 5.11 Å². The number of aliphatic hydroxyl groups is 1. The standard InChI is InChI=1S/C14H33N3O5Si/c1-16(2)14(17(3)4)15-11-13(18)12-22-9-8-10-23(19-5,20-6)21-7/h13,18H,8-12H2,1-7H3. The van der Waals surface area contributed by atoms with Crippen molar-refractivity contribution in [3.8, 4) is 0 Å². The van der Waals surface area contributed by atoms with E-state index in [1.807, 2.05) is 38.0 Å². The van der Waals surface area contributed by atoms with Gasteiger partial charge in [0.15, 0.2) is 5.96 Å². The van der Waals surface area contributed by atoms with Crippen molar-refractivity contribution in [2.75, 3.05) is 69.3 Å². The van der Waals surface area contributed by atoms with Gasteiger partial charge in [0.2, 0.25) is 0 Å². The molecule has 0 aromatic heterocycles. The normalized spacial score (nSPS) is 12.9. The van der Waals surface area contributed by atoms with Gasteiger partial charge < -0.3 is 32.9 Å². The molecular formula is C14H33N3O5Si. The van der Waals surface area contributed by atoms with Crippen LogP contribution in [0.15, 0.2) is 4.99 Å². The smallest absolute Gasteiger partial charge is 0.389 e. The van der Waals surface area contributed by atoms with Crippen molar-refractivity contribution in [1.29, 1.82) is 0 Å². The third kappa shape index (κ3) is 8.63. The number of guanidine groups is 1. The molecule has 0 aliphatic rings. The molecule has 0 radical (unpaired) electrons. The number of ether oxygens (including phenoxy) is 1. The highest BCUT2D eigenvalue weighted by molar-refractivity contribution is 6.60. The Balaban J connectivity index is 4.04. The minimum absolute atomic E-state index is 0.249. The summed E-state index contributed by atoms with van der Waals surface area (Å²) in [7, 11) is 9.91. The lowest BCUT2D eigenvalue weighted by Gasteiger charge is -2.24. The van der Waals surface area contributed by atoms with Crippen LogP contribution in [0.5, 0.6) is 0 Å². The zero-order chi connectivity index (χ0) is 17.9. The molecule has 0 aromatic rings. The highest BCUT2D eigenvalue weighted by Crippen LogP contribution is 2.14. The van der Waals surface area contributed by atoms with Gasteiger partial charge in [-0.05, 0) is 6.42 Å². The maximum Gasteiger partial charge on any atom is 0.500 e. The number of nitrogens with zero attached hydrogens (tertiary/aromatic N) is 3. The molecule has 0 amide bonds. The number of aliphatic hydroxyl groups excluding tert-OH is 1. The van der Waals surface area contributed by atoms with Crippen LogP contribution in [0.1, 0.15) is 6.42 Å². The molecule has 0 aliphatic carbocycles. The van der Waals surface area contributed by atoms with E-state index in [1.165, 1.54) is 0 Å². The summed E-state index contributed by atoms with van der Waals surface area (Å²) in [5, 5.41) is 9.92. The van der Waals surface area contributed by atoms with Crippen molar-refractivity contribution in [2.45, 2.75) is 18.6 Å². The van der Waals surface area contributed by atoms with Crippen molar-refractivity contribution in [3.05, 3.63) is 0 Å². The van der Waals surface area contributed by atoms with E-state index in [0.29, 0.717) is 19.2 Å². The molecule has 0 aromatic carbocycles. The van der Waals surface area contributed by atoms with Crippen LogP contribution in [0.2, 0.25) is 6.04 Å². The predicted octanol–water partition coefficient (Wildman–Crippen LogP) is 0.111. The quantitative estimate of drug-likeness (QED) is 0.245. The first-order valence-corrected chi connectivity index (χ1v) is 9.55. The van der Waals surface area contributed by atoms with Gasteiger partial charge in [0.1, 0.15) is 0 Å². The zero-order valence-corrected chi connectivity index (χ0v) is 16.5. The maximum atomic E-state index is 9.92. The lowest BCUT2D eigenvalue weighted by molar-refractivity contribution is 0.0393. The van der Waals surface area contributed by atoms with Crippen LogP contribution in [-0.4, -0.2) is 105 Å². The maximum absolute atomic E-state index is 9.92. The largest absolute Gasteiger partial charge is 0.500 e. The topological polar surface area (TPSA) is 76.0 Å². The van der Waals surface area contributed by atoms with Gasteiger partial charge >= 0.3 is 8.80 Å². The summed E-state index contributed by atoms with van der Waals surface area (Å²) in [6.07, 6.45) is 0.123. The molecule has 0 bridgehead atoms. The van der Waals surface area contributed by atoms with Crippen LogP contribution >= 0.6 is 0 Å². The molecule has 0 saturated carbocycles. The molecule has 8 nitrogen and oxygen atoms in total. The Morgan fingerprint density at radius 3 is 2.00 bits per heavy atom. The van der Waals surface area contributed by atoms with E-state index in [1.54, 1.807) is 21.3 Å². The van der Waals surface area contributed by atoms with Crippen LogP contribution in [0.3, 0.4) is 0 Å². The molecule has 138 valence electrons. The number of aliphatic imine (C=N–C) groups is 1. The van der Waals surface area contributed by atoms with Gasteiger partial charge in [0, 0.05) is 62.2 Å². The fourth-order valence-corrected chi connectivity index (χ4v) is 3.78. The average Bonchev–Trinajstić information content (AvgIpc) is 2.51. The van der Waals surface area contributed by atoms with Crippen LogP contribution < -0.4 is 0 Å². The van der Waals surface area contributed by atoms with Crippen LogP contribution in [0.4, 0.5) is 0 Å². The second-order valence-corrected chi connectivity index (χ2v) is 8.65. The molecule has 0 fully saturated rings. The lowest BCUT2D eigenvalue weighted by Crippen LogP contribution is -2.42. The Labute approximate surface area is 141 Å². The Bertz CT molecular complexity index is 320. The monoisotopic (exact) mass is 351 g/mol. The lowest BCUT2D eigenvalue weighted by atomic mass is 10.4. The summed E-state index contributed by atoms with van der Waals surface area (Å²) in [5.41, 5.74) is 0. The molecule has 0 saturated heterocycles. The first-order valence-electron chi connectivity index (χ1n) is 7.62. The number of rotatable bonds is 11.